The van der Waals surface area contributed by atoms with Crippen molar-refractivity contribution < 1.29 is 19.4 Å². The van der Waals surface area contributed by atoms with E-state index in [1.54, 1.807) is 38.1 Å². The highest BCUT2D eigenvalue weighted by atomic mass is 35.5. The van der Waals surface area contributed by atoms with Crippen LogP contribution in [0, 0.1) is 0 Å². The van der Waals surface area contributed by atoms with Gasteiger partial charge in [-0.1, -0.05) is 60.1 Å². The molecule has 0 aromatic heterocycles. The number of benzene rings is 2. The van der Waals surface area contributed by atoms with Crippen molar-refractivity contribution in [3.63, 3.8) is 0 Å². The summed E-state index contributed by atoms with van der Waals surface area (Å²) in [5, 5.41) is 13.3. The first-order chi connectivity index (χ1) is 14.8. The van der Waals surface area contributed by atoms with Crippen LogP contribution in [0.2, 0.25) is 5.02 Å². The zero-order chi connectivity index (χ0) is 22.5. The maximum absolute atomic E-state index is 13.1. The summed E-state index contributed by atoms with van der Waals surface area (Å²) in [7, 11) is 0. The molecule has 1 heterocycles. The molecule has 1 unspecified atom stereocenters. The smallest absolute Gasteiger partial charge is 0.337 e. The van der Waals surface area contributed by atoms with Crippen LogP contribution in [0.4, 0.5) is 0 Å². The van der Waals surface area contributed by atoms with Gasteiger partial charge in [0.2, 0.25) is 0 Å². The van der Waals surface area contributed by atoms with E-state index in [1.807, 2.05) is 43.3 Å². The molecule has 0 saturated heterocycles. The molecule has 0 aliphatic carbocycles. The SMILES string of the molecule is CC1=C(C(=O)O)C(c2cccc(Cl)c2)C(C(=O)OC/C(C)=C/c2ccccc2)=C(C)N1. The quantitative estimate of drug-likeness (QED) is 0.599. The largest absolute Gasteiger partial charge is 0.478 e. The maximum atomic E-state index is 13.1. The molecule has 0 spiro atoms. The number of rotatable bonds is 6. The molecule has 0 radical (unpaired) electrons. The van der Waals surface area contributed by atoms with Gasteiger partial charge in [-0.05, 0) is 49.6 Å². The third-order valence-corrected chi connectivity index (χ3v) is 5.27. The highest BCUT2D eigenvalue weighted by Gasteiger charge is 2.37. The van der Waals surface area contributed by atoms with Gasteiger partial charge in [-0.3, -0.25) is 0 Å². The number of nitrogens with one attached hydrogen (secondary N) is 1. The molecule has 160 valence electrons. The van der Waals surface area contributed by atoms with Gasteiger partial charge in [-0.2, -0.15) is 0 Å². The number of halogens is 1. The molecule has 2 aromatic carbocycles. The maximum Gasteiger partial charge on any atom is 0.337 e. The summed E-state index contributed by atoms with van der Waals surface area (Å²) in [4.78, 5) is 25.2. The highest BCUT2D eigenvalue weighted by molar-refractivity contribution is 6.30. The lowest BCUT2D eigenvalue weighted by Crippen LogP contribution is -2.32. The molecule has 0 saturated carbocycles. The van der Waals surface area contributed by atoms with E-state index >= 15 is 0 Å². The van der Waals surface area contributed by atoms with Crippen LogP contribution in [0.1, 0.15) is 37.8 Å². The number of esters is 1. The molecule has 5 nitrogen and oxygen atoms in total. The zero-order valence-corrected chi connectivity index (χ0v) is 18.4. The Balaban J connectivity index is 1.91. The molecular weight excluding hydrogens is 414 g/mol. The summed E-state index contributed by atoms with van der Waals surface area (Å²) in [5.74, 6) is -2.46. The molecule has 2 aromatic rings. The Hall–Kier alpha value is -3.31. The van der Waals surface area contributed by atoms with Gasteiger partial charge in [0.15, 0.2) is 0 Å². The number of allylic oxidation sites excluding steroid dienone is 2. The van der Waals surface area contributed by atoms with Gasteiger partial charge >= 0.3 is 11.9 Å². The molecule has 31 heavy (non-hydrogen) atoms. The first-order valence-corrected chi connectivity index (χ1v) is 10.2. The van der Waals surface area contributed by atoms with E-state index in [0.717, 1.165) is 11.1 Å². The monoisotopic (exact) mass is 437 g/mol. The first-order valence-electron chi connectivity index (χ1n) is 9.84. The van der Waals surface area contributed by atoms with Gasteiger partial charge in [0.1, 0.15) is 6.61 Å². The second-order valence-corrected chi connectivity index (χ2v) is 7.91. The van der Waals surface area contributed by atoms with E-state index in [2.05, 4.69) is 5.32 Å². The molecule has 1 aliphatic heterocycles. The van der Waals surface area contributed by atoms with Crippen molar-refractivity contribution in [2.75, 3.05) is 6.61 Å². The molecule has 2 N–H and O–H groups in total. The summed E-state index contributed by atoms with van der Waals surface area (Å²) in [6, 6.07) is 16.6. The average Bonchev–Trinajstić information content (AvgIpc) is 2.72. The summed E-state index contributed by atoms with van der Waals surface area (Å²) in [5.41, 5.74) is 3.89. The fraction of sp³-hybridized carbons (Fsp3) is 0.200. The predicted molar refractivity (Wildman–Crippen MR) is 121 cm³/mol. The molecule has 3 rings (SSSR count). The number of hydrogen-bond donors (Lipinski definition) is 2. The van der Waals surface area contributed by atoms with Gasteiger partial charge in [0, 0.05) is 16.4 Å². The lowest BCUT2D eigenvalue weighted by Gasteiger charge is -2.29. The Bertz CT molecular complexity index is 1100. The summed E-state index contributed by atoms with van der Waals surface area (Å²) in [6.45, 7) is 5.39. The Kier molecular flexibility index (Phi) is 6.98. The number of hydrogen-bond acceptors (Lipinski definition) is 4. The van der Waals surface area contributed by atoms with Gasteiger partial charge in [0.25, 0.3) is 0 Å². The second-order valence-electron chi connectivity index (χ2n) is 7.47. The number of carboxylic acids is 1. The van der Waals surface area contributed by atoms with Crippen LogP contribution < -0.4 is 5.32 Å². The minimum absolute atomic E-state index is 0.0939. The van der Waals surface area contributed by atoms with Crippen molar-refractivity contribution in [1.82, 2.24) is 5.32 Å². The zero-order valence-electron chi connectivity index (χ0n) is 17.6. The lowest BCUT2D eigenvalue weighted by atomic mass is 9.80. The van der Waals surface area contributed by atoms with Gasteiger partial charge in [-0.25, -0.2) is 9.59 Å². The van der Waals surface area contributed by atoms with Crippen molar-refractivity contribution in [1.29, 1.82) is 0 Å². The fourth-order valence-electron chi connectivity index (χ4n) is 3.70. The Morgan fingerprint density at radius 3 is 2.39 bits per heavy atom. The van der Waals surface area contributed by atoms with Crippen LogP contribution in [0.15, 0.2) is 82.7 Å². The number of carbonyl (C=O) groups is 2. The van der Waals surface area contributed by atoms with Gasteiger partial charge in [-0.15, -0.1) is 0 Å². The normalized spacial score (nSPS) is 16.8. The predicted octanol–water partition coefficient (Wildman–Crippen LogP) is 5.31. The van der Waals surface area contributed by atoms with Gasteiger partial charge < -0.3 is 15.2 Å². The number of carboxylic acid groups (broad SMARTS) is 1. The van der Waals surface area contributed by atoms with Crippen molar-refractivity contribution in [3.05, 3.63) is 98.9 Å². The van der Waals surface area contributed by atoms with Crippen LogP contribution in [-0.4, -0.2) is 23.7 Å². The van der Waals surface area contributed by atoms with E-state index in [-0.39, 0.29) is 17.8 Å². The Labute approximate surface area is 186 Å². The lowest BCUT2D eigenvalue weighted by molar-refractivity contribution is -0.138. The van der Waals surface area contributed by atoms with Crippen LogP contribution in [-0.2, 0) is 14.3 Å². The minimum Gasteiger partial charge on any atom is -0.478 e. The highest BCUT2D eigenvalue weighted by Crippen LogP contribution is 2.39. The van der Waals surface area contributed by atoms with Crippen LogP contribution in [0.3, 0.4) is 0 Å². The van der Waals surface area contributed by atoms with E-state index in [0.29, 0.717) is 22.0 Å². The third-order valence-electron chi connectivity index (χ3n) is 5.04. The summed E-state index contributed by atoms with van der Waals surface area (Å²) < 4.78 is 5.58. The number of ether oxygens (including phenoxy) is 1. The summed E-state index contributed by atoms with van der Waals surface area (Å²) in [6.07, 6.45) is 1.94. The first kappa shape index (κ1) is 22.4. The molecule has 0 amide bonds. The minimum atomic E-state index is -1.10. The molecule has 1 atom stereocenters. The Morgan fingerprint density at radius 1 is 1.06 bits per heavy atom. The van der Waals surface area contributed by atoms with Crippen molar-refractivity contribution in [3.8, 4) is 0 Å². The number of aliphatic carboxylic acids is 1. The van der Waals surface area contributed by atoms with Crippen molar-refractivity contribution in [2.45, 2.75) is 26.7 Å². The average molecular weight is 438 g/mol. The molecular formula is C25H24ClNO4. The van der Waals surface area contributed by atoms with Crippen molar-refractivity contribution >= 4 is 29.6 Å². The fourth-order valence-corrected chi connectivity index (χ4v) is 3.90. The third kappa shape index (κ3) is 5.25. The van der Waals surface area contributed by atoms with E-state index < -0.39 is 17.9 Å². The van der Waals surface area contributed by atoms with E-state index in [9.17, 15) is 14.7 Å². The van der Waals surface area contributed by atoms with E-state index in [4.69, 9.17) is 16.3 Å². The Morgan fingerprint density at radius 2 is 1.74 bits per heavy atom. The van der Waals surface area contributed by atoms with Crippen LogP contribution in [0.5, 0.6) is 0 Å². The molecule has 0 fully saturated rings. The van der Waals surface area contributed by atoms with Crippen molar-refractivity contribution in [2.24, 2.45) is 0 Å². The van der Waals surface area contributed by atoms with Crippen LogP contribution >= 0.6 is 11.6 Å². The molecule has 0 bridgehead atoms. The molecule has 1 aliphatic rings. The number of dihydropyridines is 1. The van der Waals surface area contributed by atoms with Crippen LogP contribution in [0.25, 0.3) is 6.08 Å². The van der Waals surface area contributed by atoms with Gasteiger partial charge in [0.05, 0.1) is 17.1 Å². The topological polar surface area (TPSA) is 75.6 Å². The number of carbonyl (C=O) groups excluding carboxylic acids is 1. The standard InChI is InChI=1S/C25H24ClNO4/c1-15(12-18-8-5-4-6-9-18)14-31-25(30)22-17(3)27-16(2)21(24(28)29)23(22)19-10-7-11-20(26)13-19/h4-13,23,27H,14H2,1-3H3,(H,28,29)/b15-12+. The van der Waals surface area contributed by atoms with E-state index in [1.165, 1.54) is 0 Å². The summed E-state index contributed by atoms with van der Waals surface area (Å²) >= 11 is 6.15. The second kappa shape index (κ2) is 9.67. The molecule has 6 heteroatoms.